The predicted molar refractivity (Wildman–Crippen MR) is 108 cm³/mol. The number of aliphatic hydroxyl groups is 1. The van der Waals surface area contributed by atoms with Crippen molar-refractivity contribution in [3.8, 4) is 5.69 Å². The quantitative estimate of drug-likeness (QED) is 0.731. The van der Waals surface area contributed by atoms with Gasteiger partial charge in [0.1, 0.15) is 11.5 Å². The summed E-state index contributed by atoms with van der Waals surface area (Å²) < 4.78 is 15.6. The third-order valence-electron chi connectivity index (χ3n) is 5.74. The summed E-state index contributed by atoms with van der Waals surface area (Å²) in [6.07, 6.45) is 2.47. The Kier molecular flexibility index (Phi) is 5.45. The zero-order valence-electron chi connectivity index (χ0n) is 16.3. The maximum absolute atomic E-state index is 14.1. The molecule has 1 aromatic heterocycles. The fraction of sp³-hybridized carbons (Fsp3) is 0.304. The maximum Gasteiger partial charge on any atom is 0.257 e. The molecule has 0 radical (unpaired) electrons. The van der Waals surface area contributed by atoms with E-state index in [9.17, 15) is 14.3 Å². The molecule has 1 fully saturated rings. The number of hydrogen-bond donors (Lipinski definition) is 1. The second kappa shape index (κ2) is 8.17. The van der Waals surface area contributed by atoms with Gasteiger partial charge in [0.25, 0.3) is 5.91 Å². The maximum atomic E-state index is 14.1. The van der Waals surface area contributed by atoms with Gasteiger partial charge in [-0.2, -0.15) is 5.10 Å². The molecule has 1 aliphatic rings. The molecular weight excluding hydrogens is 369 g/mol. The average molecular weight is 393 g/mol. The molecule has 2 aromatic carbocycles. The Morgan fingerprint density at radius 3 is 2.45 bits per heavy atom. The lowest BCUT2D eigenvalue weighted by molar-refractivity contribution is 0.0462. The number of nitrogens with zero attached hydrogens (tertiary/aromatic N) is 3. The number of benzene rings is 2. The van der Waals surface area contributed by atoms with Gasteiger partial charge in [-0.25, -0.2) is 9.07 Å². The minimum Gasteiger partial charge on any atom is -0.388 e. The van der Waals surface area contributed by atoms with Crippen LogP contribution in [0.2, 0.25) is 0 Å². The summed E-state index contributed by atoms with van der Waals surface area (Å²) in [4.78, 5) is 14.8. The molecule has 0 spiro atoms. The molecule has 0 saturated carbocycles. The van der Waals surface area contributed by atoms with Crippen LogP contribution in [0, 0.1) is 18.7 Å². The van der Waals surface area contributed by atoms with Crippen molar-refractivity contribution in [1.82, 2.24) is 14.7 Å². The van der Waals surface area contributed by atoms with Crippen LogP contribution in [0.15, 0.2) is 60.8 Å². The van der Waals surface area contributed by atoms with Crippen molar-refractivity contribution >= 4 is 5.91 Å². The fourth-order valence-corrected chi connectivity index (χ4v) is 4.00. The molecule has 1 amide bonds. The number of likely N-dealkylation sites (tertiary alicyclic amines) is 1. The van der Waals surface area contributed by atoms with Crippen LogP contribution in [0.3, 0.4) is 0 Å². The Bertz CT molecular complexity index is 994. The van der Waals surface area contributed by atoms with Crippen molar-refractivity contribution in [1.29, 1.82) is 0 Å². The first kappa shape index (κ1) is 19.3. The van der Waals surface area contributed by atoms with Gasteiger partial charge in [-0.1, -0.05) is 42.5 Å². The van der Waals surface area contributed by atoms with Crippen LogP contribution in [0.4, 0.5) is 4.39 Å². The molecule has 4 rings (SSSR count). The number of carbonyl (C=O) groups excluding carboxylic acids is 1. The lowest BCUT2D eigenvalue weighted by Gasteiger charge is -2.34. The molecule has 5 nitrogen and oxygen atoms in total. The van der Waals surface area contributed by atoms with Crippen molar-refractivity contribution in [2.75, 3.05) is 13.1 Å². The highest BCUT2D eigenvalue weighted by atomic mass is 19.1. The van der Waals surface area contributed by atoms with E-state index in [2.05, 4.69) is 5.10 Å². The van der Waals surface area contributed by atoms with E-state index in [1.54, 1.807) is 30.0 Å². The standard InChI is InChI=1S/C23H24FN3O2/c1-16-19(15-25-27(16)21-10-6-5-9-20(21)24)23(29)26-13-11-18(12-14-26)22(28)17-7-3-2-4-8-17/h2-10,15,18,22,28H,11-14H2,1H3. The Hall–Kier alpha value is -2.99. The van der Waals surface area contributed by atoms with E-state index in [1.165, 1.54) is 16.9 Å². The largest absolute Gasteiger partial charge is 0.388 e. The molecule has 1 unspecified atom stereocenters. The molecule has 6 heteroatoms. The fourth-order valence-electron chi connectivity index (χ4n) is 4.00. The lowest BCUT2D eigenvalue weighted by atomic mass is 9.87. The highest BCUT2D eigenvalue weighted by Crippen LogP contribution is 2.31. The third kappa shape index (κ3) is 3.80. The zero-order valence-corrected chi connectivity index (χ0v) is 16.3. The molecular formula is C23H24FN3O2. The smallest absolute Gasteiger partial charge is 0.257 e. The summed E-state index contributed by atoms with van der Waals surface area (Å²) in [7, 11) is 0. The van der Waals surface area contributed by atoms with E-state index in [4.69, 9.17) is 0 Å². The predicted octanol–water partition coefficient (Wildman–Crippen LogP) is 3.91. The van der Waals surface area contributed by atoms with Gasteiger partial charge in [0.05, 0.1) is 23.6 Å². The third-order valence-corrected chi connectivity index (χ3v) is 5.74. The Labute approximate surface area is 169 Å². The minimum absolute atomic E-state index is 0.0993. The topological polar surface area (TPSA) is 58.4 Å². The van der Waals surface area contributed by atoms with Crippen LogP contribution in [-0.2, 0) is 0 Å². The molecule has 29 heavy (non-hydrogen) atoms. The first-order valence-electron chi connectivity index (χ1n) is 9.88. The van der Waals surface area contributed by atoms with Crippen molar-refractivity contribution in [2.45, 2.75) is 25.9 Å². The first-order valence-corrected chi connectivity index (χ1v) is 9.88. The molecule has 2 heterocycles. The summed E-state index contributed by atoms with van der Waals surface area (Å²) >= 11 is 0. The Balaban J connectivity index is 1.45. The molecule has 0 aliphatic carbocycles. The van der Waals surface area contributed by atoms with E-state index in [0.717, 1.165) is 18.4 Å². The number of halogens is 1. The monoisotopic (exact) mass is 393 g/mol. The summed E-state index contributed by atoms with van der Waals surface area (Å²) in [6, 6.07) is 16.0. The number of carbonyl (C=O) groups is 1. The van der Waals surface area contributed by atoms with Crippen LogP contribution in [0.1, 0.15) is 40.6 Å². The second-order valence-electron chi connectivity index (χ2n) is 7.49. The summed E-state index contributed by atoms with van der Waals surface area (Å²) in [6.45, 7) is 2.94. The van der Waals surface area contributed by atoms with Crippen LogP contribution in [-0.4, -0.2) is 38.8 Å². The number of rotatable bonds is 4. The van der Waals surface area contributed by atoms with Gasteiger partial charge < -0.3 is 10.0 Å². The number of para-hydroxylation sites is 1. The lowest BCUT2D eigenvalue weighted by Crippen LogP contribution is -2.40. The van der Waals surface area contributed by atoms with Gasteiger partial charge in [0.15, 0.2) is 0 Å². The van der Waals surface area contributed by atoms with Crippen LogP contribution in [0.25, 0.3) is 5.69 Å². The molecule has 1 N–H and O–H groups in total. The van der Waals surface area contributed by atoms with E-state index >= 15 is 0 Å². The number of amides is 1. The Morgan fingerprint density at radius 2 is 1.76 bits per heavy atom. The van der Waals surface area contributed by atoms with Crippen molar-refractivity contribution in [3.63, 3.8) is 0 Å². The molecule has 1 aliphatic heterocycles. The van der Waals surface area contributed by atoms with Gasteiger partial charge >= 0.3 is 0 Å². The minimum atomic E-state index is -0.515. The van der Waals surface area contributed by atoms with Crippen molar-refractivity contribution in [3.05, 3.63) is 83.4 Å². The van der Waals surface area contributed by atoms with Crippen LogP contribution in [0.5, 0.6) is 0 Å². The number of aromatic nitrogens is 2. The number of aliphatic hydroxyl groups excluding tert-OH is 1. The zero-order chi connectivity index (χ0) is 20.4. The van der Waals surface area contributed by atoms with Gasteiger partial charge in [0.2, 0.25) is 0 Å². The van der Waals surface area contributed by atoms with E-state index in [0.29, 0.717) is 30.0 Å². The van der Waals surface area contributed by atoms with Crippen LogP contribution < -0.4 is 0 Å². The molecule has 150 valence electrons. The van der Waals surface area contributed by atoms with Crippen LogP contribution >= 0.6 is 0 Å². The number of piperidine rings is 1. The van der Waals surface area contributed by atoms with Gasteiger partial charge in [-0.3, -0.25) is 4.79 Å². The SMILES string of the molecule is Cc1c(C(=O)N2CCC(C(O)c3ccccc3)CC2)cnn1-c1ccccc1F. The molecule has 1 saturated heterocycles. The Morgan fingerprint density at radius 1 is 1.10 bits per heavy atom. The molecule has 1 atom stereocenters. The van der Waals surface area contributed by atoms with Crippen molar-refractivity contribution in [2.24, 2.45) is 5.92 Å². The normalized spacial score (nSPS) is 16.0. The second-order valence-corrected chi connectivity index (χ2v) is 7.49. The van der Waals surface area contributed by atoms with E-state index in [-0.39, 0.29) is 17.6 Å². The van der Waals surface area contributed by atoms with Gasteiger partial charge in [0, 0.05) is 13.1 Å². The number of hydrogen-bond acceptors (Lipinski definition) is 3. The highest BCUT2D eigenvalue weighted by molar-refractivity contribution is 5.95. The summed E-state index contributed by atoms with van der Waals surface area (Å²) in [5, 5.41) is 14.9. The van der Waals surface area contributed by atoms with Crippen molar-refractivity contribution < 1.29 is 14.3 Å². The van der Waals surface area contributed by atoms with E-state index < -0.39 is 6.10 Å². The molecule has 3 aromatic rings. The van der Waals surface area contributed by atoms with Gasteiger partial charge in [-0.15, -0.1) is 0 Å². The average Bonchev–Trinajstić information content (AvgIpc) is 3.15. The highest BCUT2D eigenvalue weighted by Gasteiger charge is 2.30. The summed E-state index contributed by atoms with van der Waals surface area (Å²) in [5.41, 5.74) is 2.34. The van der Waals surface area contributed by atoms with E-state index in [1.807, 2.05) is 30.3 Å². The van der Waals surface area contributed by atoms with Gasteiger partial charge in [-0.05, 0) is 43.4 Å². The molecule has 0 bridgehead atoms. The first-order chi connectivity index (χ1) is 14.1. The summed E-state index contributed by atoms with van der Waals surface area (Å²) in [5.74, 6) is -0.352.